The lowest BCUT2D eigenvalue weighted by molar-refractivity contribution is 0.436. The third kappa shape index (κ3) is 3.94. The second-order valence-corrected chi connectivity index (χ2v) is 8.88. The normalized spacial score (nSPS) is 25.7. The molecule has 0 fully saturated rings. The van der Waals surface area contributed by atoms with Gasteiger partial charge in [-0.2, -0.15) is 11.8 Å². The summed E-state index contributed by atoms with van der Waals surface area (Å²) in [5.74, 6) is 1.25. The summed E-state index contributed by atoms with van der Waals surface area (Å²) < 4.78 is 0.258. The van der Waals surface area contributed by atoms with Gasteiger partial charge < -0.3 is 0 Å². The highest BCUT2D eigenvalue weighted by molar-refractivity contribution is 8.00. The van der Waals surface area contributed by atoms with Crippen molar-refractivity contribution < 1.29 is 0 Å². The molecule has 2 aliphatic rings. The molecule has 0 aliphatic heterocycles. The summed E-state index contributed by atoms with van der Waals surface area (Å²) in [7, 11) is 0. The molecule has 1 heteroatoms. The van der Waals surface area contributed by atoms with E-state index in [0.29, 0.717) is 0 Å². The summed E-state index contributed by atoms with van der Waals surface area (Å²) >= 11 is 2.18. The Hall–Kier alpha value is -0.690. The molecular formula is C20H30S. The van der Waals surface area contributed by atoms with Gasteiger partial charge in [-0.15, -0.1) is 0 Å². The molecule has 1 unspecified atom stereocenters. The fraction of sp³-hybridized carbons (Fsp3) is 0.600. The van der Waals surface area contributed by atoms with E-state index >= 15 is 0 Å². The quantitative estimate of drug-likeness (QED) is 0.561. The van der Waals surface area contributed by atoms with Crippen LogP contribution in [-0.2, 0) is 0 Å². The molecule has 0 N–H and O–H groups in total. The molecule has 0 radical (unpaired) electrons. The van der Waals surface area contributed by atoms with E-state index < -0.39 is 0 Å². The molecule has 0 aromatic heterocycles. The van der Waals surface area contributed by atoms with Gasteiger partial charge in [-0.05, 0) is 49.3 Å². The Labute approximate surface area is 135 Å². The lowest BCUT2D eigenvalue weighted by Gasteiger charge is -2.44. The van der Waals surface area contributed by atoms with Gasteiger partial charge in [-0.3, -0.25) is 0 Å². The van der Waals surface area contributed by atoms with Gasteiger partial charge in [0.15, 0.2) is 0 Å². The van der Waals surface area contributed by atoms with Crippen LogP contribution in [0, 0.1) is 5.41 Å². The number of thioether (sulfide) groups is 1. The predicted molar refractivity (Wildman–Crippen MR) is 97.8 cm³/mol. The van der Waals surface area contributed by atoms with Crippen LogP contribution >= 0.6 is 11.8 Å². The highest BCUT2D eigenvalue weighted by atomic mass is 32.2. The van der Waals surface area contributed by atoms with E-state index in [1.54, 1.807) is 5.57 Å². The average molecular weight is 303 g/mol. The number of hydrogen-bond donors (Lipinski definition) is 0. The van der Waals surface area contributed by atoms with E-state index in [-0.39, 0.29) is 10.2 Å². The lowest BCUT2D eigenvalue weighted by atomic mass is 9.71. The van der Waals surface area contributed by atoms with Crippen LogP contribution in [0.15, 0.2) is 47.1 Å². The minimum Gasteiger partial charge on any atom is -0.150 e. The van der Waals surface area contributed by atoms with Crippen LogP contribution in [0.1, 0.15) is 60.3 Å². The standard InChI is InChI=1S/C20H30S/c1-6-13-21-20(15-17-9-7-8-10-17)12-11-16(2)14-18(20)19(3,4)5/h7,9-11,14H,6,8,12-13,15H2,1-5H3. The first-order chi connectivity index (χ1) is 9.87. The van der Waals surface area contributed by atoms with Crippen molar-refractivity contribution in [3.05, 3.63) is 47.1 Å². The van der Waals surface area contributed by atoms with Gasteiger partial charge in [-0.25, -0.2) is 0 Å². The van der Waals surface area contributed by atoms with Crippen LogP contribution < -0.4 is 0 Å². The van der Waals surface area contributed by atoms with Gasteiger partial charge in [0.05, 0.1) is 0 Å². The average Bonchev–Trinajstić information content (AvgIpc) is 2.91. The first-order valence-electron chi connectivity index (χ1n) is 8.26. The van der Waals surface area contributed by atoms with Gasteiger partial charge in [0, 0.05) is 4.75 Å². The van der Waals surface area contributed by atoms with Crippen molar-refractivity contribution in [2.45, 2.75) is 65.0 Å². The van der Waals surface area contributed by atoms with Gasteiger partial charge in [-0.1, -0.05) is 69.2 Å². The summed E-state index contributed by atoms with van der Waals surface area (Å²) in [5.41, 5.74) is 4.83. The summed E-state index contributed by atoms with van der Waals surface area (Å²) in [4.78, 5) is 0. The van der Waals surface area contributed by atoms with Crippen molar-refractivity contribution in [2.24, 2.45) is 5.41 Å². The van der Waals surface area contributed by atoms with E-state index in [1.807, 2.05) is 0 Å². The van der Waals surface area contributed by atoms with Gasteiger partial charge in [0.25, 0.3) is 0 Å². The number of allylic oxidation sites excluding steroid dienone is 7. The number of rotatable bonds is 5. The molecule has 0 heterocycles. The summed E-state index contributed by atoms with van der Waals surface area (Å²) in [5, 5.41) is 0. The van der Waals surface area contributed by atoms with E-state index in [1.165, 1.54) is 36.2 Å². The molecule has 0 nitrogen and oxygen atoms in total. The third-order valence-corrected chi connectivity index (χ3v) is 6.04. The predicted octanol–water partition coefficient (Wildman–Crippen LogP) is 6.47. The van der Waals surface area contributed by atoms with Gasteiger partial charge in [0.1, 0.15) is 0 Å². The molecule has 21 heavy (non-hydrogen) atoms. The smallest absolute Gasteiger partial charge is 0.0451 e. The number of hydrogen-bond acceptors (Lipinski definition) is 1. The third-order valence-electron chi connectivity index (χ3n) is 4.34. The monoisotopic (exact) mass is 302 g/mol. The zero-order valence-electron chi connectivity index (χ0n) is 14.3. The first-order valence-corrected chi connectivity index (χ1v) is 9.25. The molecule has 0 saturated carbocycles. The summed E-state index contributed by atoms with van der Waals surface area (Å²) in [6.45, 7) is 11.7. The Morgan fingerprint density at radius 3 is 2.57 bits per heavy atom. The summed E-state index contributed by atoms with van der Waals surface area (Å²) in [6.07, 6.45) is 16.7. The zero-order chi connectivity index (χ0) is 15.5. The zero-order valence-corrected chi connectivity index (χ0v) is 15.1. The molecule has 0 aromatic carbocycles. The Morgan fingerprint density at radius 2 is 2.00 bits per heavy atom. The van der Waals surface area contributed by atoms with Crippen molar-refractivity contribution in [1.82, 2.24) is 0 Å². The van der Waals surface area contributed by atoms with Gasteiger partial charge >= 0.3 is 0 Å². The van der Waals surface area contributed by atoms with Crippen molar-refractivity contribution >= 4 is 11.8 Å². The van der Waals surface area contributed by atoms with Crippen molar-refractivity contribution in [3.63, 3.8) is 0 Å². The van der Waals surface area contributed by atoms with Crippen molar-refractivity contribution in [3.8, 4) is 0 Å². The molecule has 0 bridgehead atoms. The maximum Gasteiger partial charge on any atom is 0.0451 e. The fourth-order valence-corrected chi connectivity index (χ4v) is 4.96. The fourth-order valence-electron chi connectivity index (χ4n) is 3.37. The van der Waals surface area contributed by atoms with E-state index in [4.69, 9.17) is 0 Å². The topological polar surface area (TPSA) is 0 Å². The van der Waals surface area contributed by atoms with Crippen LogP contribution in [0.3, 0.4) is 0 Å². The minimum absolute atomic E-state index is 0.235. The molecule has 0 amide bonds. The molecular weight excluding hydrogens is 272 g/mol. The Morgan fingerprint density at radius 1 is 1.24 bits per heavy atom. The van der Waals surface area contributed by atoms with Crippen molar-refractivity contribution in [2.75, 3.05) is 5.75 Å². The second-order valence-electron chi connectivity index (χ2n) is 7.40. The van der Waals surface area contributed by atoms with E-state index in [0.717, 1.165) is 6.42 Å². The summed E-state index contributed by atoms with van der Waals surface area (Å²) in [6, 6.07) is 0. The van der Waals surface area contributed by atoms with Gasteiger partial charge in [0.2, 0.25) is 0 Å². The minimum atomic E-state index is 0.235. The maximum absolute atomic E-state index is 2.46. The molecule has 0 saturated heterocycles. The van der Waals surface area contributed by atoms with E-state index in [9.17, 15) is 0 Å². The first kappa shape index (κ1) is 16.7. The molecule has 2 rings (SSSR count). The Balaban J connectivity index is 2.37. The van der Waals surface area contributed by atoms with E-state index in [2.05, 4.69) is 76.8 Å². The Kier molecular flexibility index (Phi) is 5.24. The maximum atomic E-state index is 2.46. The largest absolute Gasteiger partial charge is 0.150 e. The SMILES string of the molecule is CCCSC1(CC2=CCC=C2)CC=C(C)C=C1C(C)(C)C. The molecule has 1 atom stereocenters. The molecule has 0 aromatic rings. The Bertz CT molecular complexity index is 496. The van der Waals surface area contributed by atoms with Crippen LogP contribution in [0.2, 0.25) is 0 Å². The lowest BCUT2D eigenvalue weighted by Crippen LogP contribution is -2.36. The molecule has 116 valence electrons. The highest BCUT2D eigenvalue weighted by Crippen LogP contribution is 2.51. The molecule has 2 aliphatic carbocycles. The van der Waals surface area contributed by atoms with Crippen LogP contribution in [0.5, 0.6) is 0 Å². The van der Waals surface area contributed by atoms with Crippen LogP contribution in [-0.4, -0.2) is 10.5 Å². The molecule has 0 spiro atoms. The van der Waals surface area contributed by atoms with Crippen molar-refractivity contribution in [1.29, 1.82) is 0 Å². The van der Waals surface area contributed by atoms with Crippen LogP contribution in [0.4, 0.5) is 0 Å². The van der Waals surface area contributed by atoms with Crippen LogP contribution in [0.25, 0.3) is 0 Å². The highest BCUT2D eigenvalue weighted by Gasteiger charge is 2.41. The second kappa shape index (κ2) is 6.60.